The fourth-order valence-electron chi connectivity index (χ4n) is 2.78. The molecule has 0 bridgehead atoms. The van der Waals surface area contributed by atoms with Gasteiger partial charge in [0.1, 0.15) is 5.82 Å². The van der Waals surface area contributed by atoms with Gasteiger partial charge in [-0.2, -0.15) is 0 Å². The second kappa shape index (κ2) is 6.35. The summed E-state index contributed by atoms with van der Waals surface area (Å²) in [7, 11) is 3.99. The number of likely N-dealkylation sites (N-methyl/N-ethyl adjacent to an activating group) is 1. The highest BCUT2D eigenvalue weighted by Gasteiger charge is 2.27. The minimum absolute atomic E-state index is 0.196. The lowest BCUT2D eigenvalue weighted by molar-refractivity contribution is 0.106. The van der Waals surface area contributed by atoms with Crippen molar-refractivity contribution in [3.05, 3.63) is 23.9 Å². The van der Waals surface area contributed by atoms with Crippen LogP contribution in [0.5, 0.6) is 0 Å². The fraction of sp³-hybridized carbons (Fsp3) is 0.667. The van der Waals surface area contributed by atoms with Crippen molar-refractivity contribution in [3.63, 3.8) is 0 Å². The Hall–Kier alpha value is -1.13. The predicted molar refractivity (Wildman–Crippen MR) is 78.4 cm³/mol. The van der Waals surface area contributed by atoms with Crippen LogP contribution < -0.4 is 10.2 Å². The molecule has 1 aliphatic carbocycles. The maximum atomic E-state index is 10.1. The van der Waals surface area contributed by atoms with Crippen molar-refractivity contribution >= 4 is 5.82 Å². The lowest BCUT2D eigenvalue weighted by Crippen LogP contribution is -2.43. The van der Waals surface area contributed by atoms with Crippen molar-refractivity contribution in [2.24, 2.45) is 0 Å². The predicted octanol–water partition coefficient (Wildman–Crippen LogP) is 2.10. The summed E-state index contributed by atoms with van der Waals surface area (Å²) < 4.78 is 0. The van der Waals surface area contributed by atoms with Crippen LogP contribution in [0.1, 0.15) is 44.2 Å². The topological polar surface area (TPSA) is 48.4 Å². The summed E-state index contributed by atoms with van der Waals surface area (Å²) in [6, 6.07) is 4.66. The molecule has 0 radical (unpaired) electrons. The highest BCUT2D eigenvalue weighted by molar-refractivity contribution is 5.42. The van der Waals surface area contributed by atoms with Crippen molar-refractivity contribution in [1.82, 2.24) is 10.3 Å². The summed E-state index contributed by atoms with van der Waals surface area (Å²) in [4.78, 5) is 6.59. The van der Waals surface area contributed by atoms with Gasteiger partial charge in [-0.25, -0.2) is 4.98 Å². The van der Waals surface area contributed by atoms with Crippen molar-refractivity contribution in [2.75, 3.05) is 19.0 Å². The highest BCUT2D eigenvalue weighted by atomic mass is 16.3. The van der Waals surface area contributed by atoms with E-state index >= 15 is 0 Å². The number of nitrogens with one attached hydrogen (secondary N) is 1. The van der Waals surface area contributed by atoms with Gasteiger partial charge in [-0.3, -0.25) is 0 Å². The van der Waals surface area contributed by atoms with Crippen molar-refractivity contribution in [2.45, 2.75) is 50.8 Å². The second-order valence-electron chi connectivity index (χ2n) is 5.49. The van der Waals surface area contributed by atoms with Gasteiger partial charge in [0.25, 0.3) is 0 Å². The van der Waals surface area contributed by atoms with E-state index in [0.717, 1.165) is 25.1 Å². The Morgan fingerprint density at radius 1 is 1.42 bits per heavy atom. The summed E-state index contributed by atoms with van der Waals surface area (Å²) in [6.45, 7) is 2.13. The van der Waals surface area contributed by atoms with E-state index in [1.165, 1.54) is 12.0 Å². The van der Waals surface area contributed by atoms with Gasteiger partial charge in [0.15, 0.2) is 0 Å². The first-order chi connectivity index (χ1) is 9.13. The van der Waals surface area contributed by atoms with E-state index in [1.807, 2.05) is 26.4 Å². The number of pyridine rings is 1. The van der Waals surface area contributed by atoms with Gasteiger partial charge < -0.3 is 15.3 Å². The Morgan fingerprint density at radius 2 is 2.16 bits per heavy atom. The fourth-order valence-corrected chi connectivity index (χ4v) is 2.78. The van der Waals surface area contributed by atoms with Gasteiger partial charge in [0.2, 0.25) is 0 Å². The number of rotatable bonds is 4. The largest absolute Gasteiger partial charge is 0.391 e. The average molecular weight is 263 g/mol. The summed E-state index contributed by atoms with van der Waals surface area (Å²) in [5.74, 6) is 0.950. The zero-order valence-corrected chi connectivity index (χ0v) is 12.1. The molecule has 19 heavy (non-hydrogen) atoms. The molecule has 2 rings (SSSR count). The molecule has 3 unspecified atom stereocenters. The molecule has 4 heteroatoms. The molecule has 1 aliphatic rings. The standard InChI is InChI=1S/C15H25N3O/c1-11(16-2)12-8-9-17-15(10-12)18(3)13-6-4-5-7-14(13)19/h8-11,13-14,16,19H,4-7H2,1-3H3. The monoisotopic (exact) mass is 263 g/mol. The Bertz CT molecular complexity index is 410. The van der Waals surface area contributed by atoms with E-state index in [9.17, 15) is 5.11 Å². The van der Waals surface area contributed by atoms with Gasteiger partial charge in [-0.15, -0.1) is 0 Å². The first kappa shape index (κ1) is 14.3. The lowest BCUT2D eigenvalue weighted by atomic mass is 9.91. The maximum Gasteiger partial charge on any atom is 0.128 e. The van der Waals surface area contributed by atoms with Crippen LogP contribution in [0.25, 0.3) is 0 Å². The zero-order valence-electron chi connectivity index (χ0n) is 12.1. The van der Waals surface area contributed by atoms with Crippen LogP contribution in [-0.2, 0) is 0 Å². The van der Waals surface area contributed by atoms with E-state index in [4.69, 9.17) is 0 Å². The normalized spacial score (nSPS) is 25.1. The minimum Gasteiger partial charge on any atom is -0.391 e. The number of anilines is 1. The number of hydrogen-bond donors (Lipinski definition) is 2. The quantitative estimate of drug-likeness (QED) is 0.873. The number of aliphatic hydroxyl groups excluding tert-OH is 1. The molecule has 0 aromatic carbocycles. The third-order valence-corrected chi connectivity index (χ3v) is 4.26. The molecule has 0 aliphatic heterocycles. The van der Waals surface area contributed by atoms with Crippen LogP contribution in [0, 0.1) is 0 Å². The molecular formula is C15H25N3O. The van der Waals surface area contributed by atoms with E-state index in [0.29, 0.717) is 6.04 Å². The summed E-state index contributed by atoms with van der Waals surface area (Å²) in [6.07, 6.45) is 5.90. The molecule has 3 atom stereocenters. The number of hydrogen-bond acceptors (Lipinski definition) is 4. The molecule has 1 fully saturated rings. The molecule has 1 heterocycles. The molecule has 0 amide bonds. The summed E-state index contributed by atoms with van der Waals surface area (Å²) in [5, 5.41) is 13.4. The number of aliphatic hydroxyl groups is 1. The molecule has 0 spiro atoms. The van der Waals surface area contributed by atoms with Gasteiger partial charge in [-0.1, -0.05) is 12.8 Å². The molecule has 2 N–H and O–H groups in total. The highest BCUT2D eigenvalue weighted by Crippen LogP contribution is 2.26. The average Bonchev–Trinajstić information content (AvgIpc) is 2.46. The summed E-state index contributed by atoms with van der Waals surface area (Å²) >= 11 is 0. The summed E-state index contributed by atoms with van der Waals surface area (Å²) in [5.41, 5.74) is 1.23. The third kappa shape index (κ3) is 3.25. The Labute approximate surface area is 115 Å². The van der Waals surface area contributed by atoms with Crippen molar-refractivity contribution in [3.8, 4) is 0 Å². The van der Waals surface area contributed by atoms with Crippen molar-refractivity contribution < 1.29 is 5.11 Å². The van der Waals surface area contributed by atoms with Gasteiger partial charge in [0.05, 0.1) is 12.1 Å². The smallest absolute Gasteiger partial charge is 0.128 e. The zero-order chi connectivity index (χ0) is 13.8. The van der Waals surface area contributed by atoms with Gasteiger partial charge in [-0.05, 0) is 44.5 Å². The van der Waals surface area contributed by atoms with Crippen LogP contribution >= 0.6 is 0 Å². The van der Waals surface area contributed by atoms with Crippen molar-refractivity contribution in [1.29, 1.82) is 0 Å². The molecule has 1 aromatic heterocycles. The Morgan fingerprint density at radius 3 is 2.84 bits per heavy atom. The molecule has 0 saturated heterocycles. The maximum absolute atomic E-state index is 10.1. The molecule has 4 nitrogen and oxygen atoms in total. The first-order valence-corrected chi connectivity index (χ1v) is 7.17. The third-order valence-electron chi connectivity index (χ3n) is 4.26. The Balaban J connectivity index is 2.16. The van der Waals surface area contributed by atoms with E-state index in [1.54, 1.807) is 0 Å². The van der Waals surface area contributed by atoms with E-state index in [2.05, 4.69) is 28.2 Å². The number of aromatic nitrogens is 1. The van der Waals surface area contributed by atoms with E-state index in [-0.39, 0.29) is 12.1 Å². The van der Waals surface area contributed by atoms with Crippen LogP contribution in [0.4, 0.5) is 5.82 Å². The molecule has 106 valence electrons. The van der Waals surface area contributed by atoms with Gasteiger partial charge in [0, 0.05) is 19.3 Å². The SMILES string of the molecule is CNC(C)c1ccnc(N(C)C2CCCCC2O)c1. The molecule has 1 aromatic rings. The van der Waals surface area contributed by atoms with Gasteiger partial charge >= 0.3 is 0 Å². The molecular weight excluding hydrogens is 238 g/mol. The molecule has 1 saturated carbocycles. The second-order valence-corrected chi connectivity index (χ2v) is 5.49. The van der Waals surface area contributed by atoms with Crippen LogP contribution in [0.15, 0.2) is 18.3 Å². The number of nitrogens with zero attached hydrogens (tertiary/aromatic N) is 2. The van der Waals surface area contributed by atoms with E-state index < -0.39 is 0 Å². The lowest BCUT2D eigenvalue weighted by Gasteiger charge is -2.36. The van der Waals surface area contributed by atoms with Crippen LogP contribution in [0.2, 0.25) is 0 Å². The van der Waals surface area contributed by atoms with Crippen LogP contribution in [-0.4, -0.2) is 36.3 Å². The first-order valence-electron chi connectivity index (χ1n) is 7.17. The Kier molecular flexibility index (Phi) is 4.77. The minimum atomic E-state index is -0.231. The van der Waals surface area contributed by atoms with Crippen LogP contribution in [0.3, 0.4) is 0 Å².